The van der Waals surface area contributed by atoms with E-state index in [1.165, 1.54) is 38.6 Å². The minimum atomic E-state index is -0.337. The molecule has 3 fully saturated rings. The predicted molar refractivity (Wildman–Crippen MR) is 79.8 cm³/mol. The number of nitrogens with one attached hydrogen (secondary N) is 1. The van der Waals surface area contributed by atoms with Gasteiger partial charge in [0.1, 0.15) is 0 Å². The van der Waals surface area contributed by atoms with Gasteiger partial charge in [-0.1, -0.05) is 6.42 Å². The zero-order chi connectivity index (χ0) is 14.0. The van der Waals surface area contributed by atoms with Crippen molar-refractivity contribution in [2.24, 2.45) is 0 Å². The zero-order valence-corrected chi connectivity index (χ0v) is 12.8. The predicted octanol–water partition coefficient (Wildman–Crippen LogP) is 1.52. The Labute approximate surface area is 122 Å². The summed E-state index contributed by atoms with van der Waals surface area (Å²) in [4.78, 5) is 2.62. The Morgan fingerprint density at radius 1 is 1.25 bits per heavy atom. The number of hydrogen-bond donors (Lipinski definition) is 2. The van der Waals surface area contributed by atoms with Crippen LogP contribution in [-0.4, -0.2) is 60.5 Å². The van der Waals surface area contributed by atoms with Crippen molar-refractivity contribution < 1.29 is 9.84 Å². The van der Waals surface area contributed by atoms with Gasteiger partial charge in [0.25, 0.3) is 0 Å². The van der Waals surface area contributed by atoms with Crippen molar-refractivity contribution in [3.05, 3.63) is 0 Å². The molecule has 0 spiro atoms. The van der Waals surface area contributed by atoms with Gasteiger partial charge in [-0.2, -0.15) is 0 Å². The van der Waals surface area contributed by atoms with Gasteiger partial charge in [0, 0.05) is 32.3 Å². The van der Waals surface area contributed by atoms with Crippen LogP contribution >= 0.6 is 0 Å². The molecule has 1 saturated heterocycles. The first-order valence-corrected chi connectivity index (χ1v) is 8.43. The Hall–Kier alpha value is -0.160. The summed E-state index contributed by atoms with van der Waals surface area (Å²) in [7, 11) is 1.83. The topological polar surface area (TPSA) is 44.7 Å². The van der Waals surface area contributed by atoms with Gasteiger partial charge < -0.3 is 15.2 Å². The van der Waals surface area contributed by atoms with Gasteiger partial charge in [0.2, 0.25) is 0 Å². The minimum Gasteiger partial charge on any atom is -0.390 e. The molecule has 2 saturated carbocycles. The Morgan fingerprint density at radius 3 is 2.75 bits per heavy atom. The Balaban J connectivity index is 1.43. The fourth-order valence-electron chi connectivity index (χ4n) is 4.19. The first kappa shape index (κ1) is 14.8. The van der Waals surface area contributed by atoms with E-state index in [2.05, 4.69) is 10.2 Å². The third kappa shape index (κ3) is 3.19. The van der Waals surface area contributed by atoms with E-state index < -0.39 is 0 Å². The number of hydrogen-bond acceptors (Lipinski definition) is 4. The van der Waals surface area contributed by atoms with Gasteiger partial charge in [0.15, 0.2) is 0 Å². The Kier molecular flexibility index (Phi) is 4.65. The van der Waals surface area contributed by atoms with Crippen LogP contribution in [0.15, 0.2) is 0 Å². The number of ether oxygens (including phenoxy) is 1. The normalized spacial score (nSPS) is 37.2. The molecule has 20 heavy (non-hydrogen) atoms. The maximum atomic E-state index is 10.2. The quantitative estimate of drug-likeness (QED) is 0.775. The molecular formula is C16H30N2O2. The van der Waals surface area contributed by atoms with E-state index in [9.17, 15) is 5.11 Å². The smallest absolute Gasteiger partial charge is 0.0710 e. The van der Waals surface area contributed by atoms with Gasteiger partial charge >= 0.3 is 0 Å². The van der Waals surface area contributed by atoms with E-state index in [0.29, 0.717) is 18.2 Å². The van der Waals surface area contributed by atoms with E-state index in [4.69, 9.17) is 4.74 Å². The molecule has 1 unspecified atom stereocenters. The van der Waals surface area contributed by atoms with Crippen LogP contribution in [-0.2, 0) is 4.74 Å². The first-order valence-electron chi connectivity index (χ1n) is 8.43. The Bertz CT molecular complexity index is 320. The summed E-state index contributed by atoms with van der Waals surface area (Å²) in [5.74, 6) is 0. The molecule has 2 aliphatic carbocycles. The molecule has 4 nitrogen and oxygen atoms in total. The lowest BCUT2D eigenvalue weighted by Crippen LogP contribution is -2.48. The highest BCUT2D eigenvalue weighted by Gasteiger charge is 2.37. The van der Waals surface area contributed by atoms with Crippen LogP contribution < -0.4 is 5.32 Å². The fourth-order valence-corrected chi connectivity index (χ4v) is 4.19. The van der Waals surface area contributed by atoms with Crippen molar-refractivity contribution >= 4 is 0 Å². The van der Waals surface area contributed by atoms with Gasteiger partial charge in [0.05, 0.1) is 11.7 Å². The van der Waals surface area contributed by atoms with Crippen molar-refractivity contribution in [1.82, 2.24) is 10.2 Å². The summed E-state index contributed by atoms with van der Waals surface area (Å²) >= 11 is 0. The summed E-state index contributed by atoms with van der Waals surface area (Å²) in [6, 6.07) is 1.31. The van der Waals surface area contributed by atoms with Gasteiger partial charge in [-0.15, -0.1) is 0 Å². The molecule has 3 aliphatic rings. The molecule has 0 aromatic rings. The highest BCUT2D eigenvalue weighted by Crippen LogP contribution is 2.34. The molecular weight excluding hydrogens is 252 g/mol. The number of likely N-dealkylation sites (tertiary alicyclic amines) is 1. The zero-order valence-electron chi connectivity index (χ0n) is 12.8. The third-order valence-corrected chi connectivity index (χ3v) is 5.74. The van der Waals surface area contributed by atoms with Crippen LogP contribution in [0, 0.1) is 0 Å². The summed E-state index contributed by atoms with van der Waals surface area (Å²) in [5.41, 5.74) is -0.337. The lowest BCUT2D eigenvalue weighted by Gasteiger charge is -2.37. The Morgan fingerprint density at radius 2 is 2.10 bits per heavy atom. The van der Waals surface area contributed by atoms with Crippen LogP contribution in [0.2, 0.25) is 0 Å². The molecule has 2 N–H and O–H groups in total. The van der Waals surface area contributed by atoms with Crippen LogP contribution in [0.3, 0.4) is 0 Å². The van der Waals surface area contributed by atoms with Gasteiger partial charge in [-0.3, -0.25) is 4.90 Å². The van der Waals surface area contributed by atoms with Crippen molar-refractivity contribution in [1.29, 1.82) is 0 Å². The largest absolute Gasteiger partial charge is 0.390 e. The maximum absolute atomic E-state index is 10.2. The molecule has 4 heteroatoms. The molecule has 1 aliphatic heterocycles. The SMILES string of the molecule is COC1CCN([C@H]2CCC[C@H]2NCCC2(O)CCC2)C1. The van der Waals surface area contributed by atoms with Crippen LogP contribution in [0.5, 0.6) is 0 Å². The third-order valence-electron chi connectivity index (χ3n) is 5.74. The fraction of sp³-hybridized carbons (Fsp3) is 1.00. The van der Waals surface area contributed by atoms with E-state index >= 15 is 0 Å². The summed E-state index contributed by atoms with van der Waals surface area (Å²) in [6.45, 7) is 3.26. The van der Waals surface area contributed by atoms with Crippen LogP contribution in [0.1, 0.15) is 51.4 Å². The molecule has 0 bridgehead atoms. The summed E-state index contributed by atoms with van der Waals surface area (Å²) in [6.07, 6.45) is 9.70. The summed E-state index contributed by atoms with van der Waals surface area (Å²) < 4.78 is 5.49. The number of aliphatic hydroxyl groups is 1. The van der Waals surface area contributed by atoms with E-state index in [1.807, 2.05) is 7.11 Å². The van der Waals surface area contributed by atoms with Gasteiger partial charge in [-0.25, -0.2) is 0 Å². The molecule has 0 amide bonds. The molecule has 116 valence electrons. The lowest BCUT2D eigenvalue weighted by atomic mass is 9.78. The van der Waals surface area contributed by atoms with Crippen molar-refractivity contribution in [3.63, 3.8) is 0 Å². The average molecular weight is 282 g/mol. The number of nitrogens with zero attached hydrogens (tertiary/aromatic N) is 1. The van der Waals surface area contributed by atoms with E-state index in [1.54, 1.807) is 0 Å². The molecule has 0 aromatic heterocycles. The first-order chi connectivity index (χ1) is 9.70. The second-order valence-corrected chi connectivity index (χ2v) is 7.03. The monoisotopic (exact) mass is 282 g/mol. The van der Waals surface area contributed by atoms with Crippen molar-refractivity contribution in [3.8, 4) is 0 Å². The molecule has 0 aromatic carbocycles. The second kappa shape index (κ2) is 6.30. The maximum Gasteiger partial charge on any atom is 0.0710 e. The highest BCUT2D eigenvalue weighted by atomic mass is 16.5. The standard InChI is InChI=1S/C16H30N2O2/c1-20-13-6-11-18(12-13)15-5-2-4-14(15)17-10-9-16(19)7-3-8-16/h13-15,17,19H,2-12H2,1H3/t13?,14-,15+/m1/s1. The van der Waals surface area contributed by atoms with Gasteiger partial charge in [-0.05, 0) is 51.5 Å². The number of rotatable bonds is 6. The molecule has 3 atom stereocenters. The lowest BCUT2D eigenvalue weighted by molar-refractivity contribution is -0.0402. The van der Waals surface area contributed by atoms with E-state index in [-0.39, 0.29) is 5.60 Å². The number of methoxy groups -OCH3 is 1. The molecule has 0 radical (unpaired) electrons. The van der Waals surface area contributed by atoms with Crippen molar-refractivity contribution in [2.75, 3.05) is 26.7 Å². The average Bonchev–Trinajstić information content (AvgIpc) is 3.04. The van der Waals surface area contributed by atoms with Crippen LogP contribution in [0.25, 0.3) is 0 Å². The minimum absolute atomic E-state index is 0.337. The summed E-state index contributed by atoms with van der Waals surface area (Å²) in [5, 5.41) is 13.9. The second-order valence-electron chi connectivity index (χ2n) is 7.03. The molecule has 1 heterocycles. The van der Waals surface area contributed by atoms with Crippen molar-refractivity contribution in [2.45, 2.75) is 75.2 Å². The van der Waals surface area contributed by atoms with E-state index in [0.717, 1.165) is 32.4 Å². The molecule has 3 rings (SSSR count). The van der Waals surface area contributed by atoms with Crippen LogP contribution in [0.4, 0.5) is 0 Å². The highest BCUT2D eigenvalue weighted by molar-refractivity contribution is 4.95.